The topological polar surface area (TPSA) is 95.8 Å². The standard InChI is InChI=1S/C52H35N3.C48H35N3O2/c1-5-15-36(16-6-1)37-29-32-44(33-30-37)52(43-21-11-4-12-22-43)47-24-14-13-23-45(47)46-34-31-42(35-48(46)52)38-25-27-41(28-26-38)51-54-49(39-17-7-2-8-18-39)53-50(55-51)40-19-9-3-10-20-40;1-52-39-26-22-37(23-27-39)48(38-24-28-40(53-2)29-25-38)43-16-10-9-15-41(43)42-31-36(21-30-44(42)48)32-17-19-35(20-18-32)47-50-45(33-11-5-3-6-12-33)49-46(51-47)34-13-7-4-8-14-34/h1-35H;3-31H,1-2H3. The Balaban J connectivity index is 0.000000152. The Bertz CT molecular complexity index is 5910. The van der Waals surface area contributed by atoms with Crippen LogP contribution in [0.5, 0.6) is 11.5 Å². The second-order valence-electron chi connectivity index (χ2n) is 27.1. The lowest BCUT2D eigenvalue weighted by molar-refractivity contribution is 0.414. The zero-order valence-corrected chi connectivity index (χ0v) is 59.5. The van der Waals surface area contributed by atoms with Gasteiger partial charge in [-0.05, 0) is 137 Å². The smallest absolute Gasteiger partial charge is 0.164 e. The lowest BCUT2D eigenvalue weighted by Crippen LogP contribution is -2.28. The highest BCUT2D eigenvalue weighted by atomic mass is 16.5. The van der Waals surface area contributed by atoms with Gasteiger partial charge in [-0.3, -0.25) is 0 Å². The minimum absolute atomic E-state index is 0.495. The van der Waals surface area contributed by atoms with Crippen LogP contribution in [0.4, 0.5) is 0 Å². The van der Waals surface area contributed by atoms with Gasteiger partial charge in [0.15, 0.2) is 34.9 Å². The van der Waals surface area contributed by atoms with Crippen LogP contribution in [-0.4, -0.2) is 44.1 Å². The van der Waals surface area contributed by atoms with Crippen molar-refractivity contribution in [2.75, 3.05) is 14.2 Å². The maximum Gasteiger partial charge on any atom is 0.164 e. The third kappa shape index (κ3) is 12.0. The van der Waals surface area contributed by atoms with Gasteiger partial charge in [-0.2, -0.15) is 0 Å². The minimum Gasteiger partial charge on any atom is -0.497 e. The van der Waals surface area contributed by atoms with Crippen LogP contribution in [0.25, 0.3) is 124 Å². The van der Waals surface area contributed by atoms with Gasteiger partial charge in [-0.15, -0.1) is 0 Å². The zero-order valence-electron chi connectivity index (χ0n) is 59.5. The number of aromatic nitrogens is 6. The molecule has 2 heterocycles. The number of fused-ring (bicyclic) bond motifs is 6. The second-order valence-corrected chi connectivity index (χ2v) is 27.1. The van der Waals surface area contributed by atoms with Gasteiger partial charge in [0.2, 0.25) is 0 Å². The molecule has 0 spiro atoms. The van der Waals surface area contributed by atoms with Crippen molar-refractivity contribution in [2.45, 2.75) is 10.8 Å². The van der Waals surface area contributed by atoms with E-state index in [1.807, 2.05) is 121 Å². The fourth-order valence-electron chi connectivity index (χ4n) is 15.9. The third-order valence-electron chi connectivity index (χ3n) is 21.1. The van der Waals surface area contributed by atoms with E-state index in [4.69, 9.17) is 39.4 Å². The summed E-state index contributed by atoms with van der Waals surface area (Å²) in [6.45, 7) is 0. The molecule has 0 fully saturated rings. The summed E-state index contributed by atoms with van der Waals surface area (Å²) in [7, 11) is 3.41. The molecule has 0 radical (unpaired) electrons. The van der Waals surface area contributed by atoms with Gasteiger partial charge in [0.1, 0.15) is 11.5 Å². The van der Waals surface area contributed by atoms with Gasteiger partial charge >= 0.3 is 0 Å². The van der Waals surface area contributed by atoms with Crippen LogP contribution in [0.2, 0.25) is 0 Å². The Morgan fingerprint density at radius 1 is 0.176 bits per heavy atom. The molecule has 19 rings (SSSR count). The Labute approximate surface area is 628 Å². The highest BCUT2D eigenvalue weighted by molar-refractivity contribution is 5.91. The molecule has 0 saturated carbocycles. The summed E-state index contributed by atoms with van der Waals surface area (Å²) in [6, 6.07) is 137. The van der Waals surface area contributed by atoms with E-state index in [9.17, 15) is 0 Å². The Kier molecular flexibility index (Phi) is 17.4. The van der Waals surface area contributed by atoms with Crippen molar-refractivity contribution in [1.29, 1.82) is 0 Å². The number of ether oxygens (including phenoxy) is 2. The first-order valence-corrected chi connectivity index (χ1v) is 36.4. The van der Waals surface area contributed by atoms with Crippen molar-refractivity contribution < 1.29 is 9.47 Å². The first-order chi connectivity index (χ1) is 53.4. The number of benzene rings is 15. The summed E-state index contributed by atoms with van der Waals surface area (Å²) < 4.78 is 11.1. The van der Waals surface area contributed by atoms with Gasteiger partial charge in [0.05, 0.1) is 25.0 Å². The largest absolute Gasteiger partial charge is 0.497 e. The van der Waals surface area contributed by atoms with Crippen molar-refractivity contribution in [1.82, 2.24) is 29.9 Å². The lowest BCUT2D eigenvalue weighted by atomic mass is 9.67. The molecule has 0 aliphatic heterocycles. The Hall–Kier alpha value is -14.1. The molecule has 2 aromatic heterocycles. The number of rotatable bonds is 15. The van der Waals surface area contributed by atoms with Crippen LogP contribution in [-0.2, 0) is 10.8 Å². The lowest BCUT2D eigenvalue weighted by Gasteiger charge is -2.34. The molecular weight excluding hydrogens is 1320 g/mol. The van der Waals surface area contributed by atoms with E-state index >= 15 is 0 Å². The van der Waals surface area contributed by atoms with Crippen molar-refractivity contribution in [3.63, 3.8) is 0 Å². The van der Waals surface area contributed by atoms with E-state index in [0.29, 0.717) is 34.9 Å². The fourth-order valence-corrected chi connectivity index (χ4v) is 15.9. The van der Waals surface area contributed by atoms with Crippen molar-refractivity contribution in [2.24, 2.45) is 0 Å². The monoisotopic (exact) mass is 1390 g/mol. The molecule has 1 unspecified atom stereocenters. The van der Waals surface area contributed by atoms with Crippen LogP contribution >= 0.6 is 0 Å². The van der Waals surface area contributed by atoms with E-state index in [2.05, 4.69) is 267 Å². The molecule has 17 aromatic rings. The molecule has 108 heavy (non-hydrogen) atoms. The van der Waals surface area contributed by atoms with Crippen LogP contribution in [0.3, 0.4) is 0 Å². The molecule has 0 amide bonds. The van der Waals surface area contributed by atoms with Gasteiger partial charge in [-0.25, -0.2) is 29.9 Å². The molecule has 8 nitrogen and oxygen atoms in total. The van der Waals surface area contributed by atoms with Gasteiger partial charge in [0, 0.05) is 33.4 Å². The van der Waals surface area contributed by atoms with Crippen molar-refractivity contribution >= 4 is 0 Å². The van der Waals surface area contributed by atoms with E-state index in [-0.39, 0.29) is 0 Å². The van der Waals surface area contributed by atoms with Crippen LogP contribution in [0.15, 0.2) is 388 Å². The van der Waals surface area contributed by atoms with E-state index < -0.39 is 10.8 Å². The zero-order chi connectivity index (χ0) is 72.4. The van der Waals surface area contributed by atoms with Gasteiger partial charge in [-0.1, -0.05) is 352 Å². The molecule has 0 saturated heterocycles. The van der Waals surface area contributed by atoms with Crippen LogP contribution in [0.1, 0.15) is 44.5 Å². The van der Waals surface area contributed by atoms with E-state index in [1.165, 1.54) is 77.9 Å². The second kappa shape index (κ2) is 28.5. The van der Waals surface area contributed by atoms with Crippen LogP contribution in [0, 0.1) is 0 Å². The summed E-state index contributed by atoms with van der Waals surface area (Å²) in [5.74, 6) is 5.53. The Morgan fingerprint density at radius 2 is 0.417 bits per heavy atom. The molecule has 0 N–H and O–H groups in total. The average molecular weight is 1390 g/mol. The summed E-state index contributed by atoms with van der Waals surface area (Å²) >= 11 is 0. The maximum absolute atomic E-state index is 5.57. The molecule has 1 atom stereocenters. The SMILES string of the molecule is COc1ccc(C2(c3ccc(OC)cc3)c3ccccc3-c3cc(-c4ccc(-c5nc(-c6ccccc6)nc(-c6ccccc6)n5)cc4)ccc32)cc1.c1ccc(-c2ccc(C3(c4ccccc4)c4ccccc4-c4ccc(-c5ccc(-c6nc(-c7ccccc7)nc(-c7ccccc7)n6)cc5)cc43)cc2)cc1. The van der Waals surface area contributed by atoms with Crippen LogP contribution < -0.4 is 9.47 Å². The molecule has 0 bridgehead atoms. The first-order valence-electron chi connectivity index (χ1n) is 36.4. The highest BCUT2D eigenvalue weighted by Gasteiger charge is 2.48. The molecule has 15 aromatic carbocycles. The maximum atomic E-state index is 5.57. The summed E-state index contributed by atoms with van der Waals surface area (Å²) in [6.07, 6.45) is 0. The number of hydrogen-bond donors (Lipinski definition) is 0. The molecule has 512 valence electrons. The quantitative estimate of drug-likeness (QED) is 0.100. The summed E-state index contributed by atoms with van der Waals surface area (Å²) in [5, 5.41) is 0. The third-order valence-corrected chi connectivity index (χ3v) is 21.1. The predicted molar refractivity (Wildman–Crippen MR) is 436 cm³/mol. The molecular formula is C100H70N6O2. The fraction of sp³-hybridized carbons (Fsp3) is 0.0400. The van der Waals surface area contributed by atoms with E-state index in [0.717, 1.165) is 67.1 Å². The molecule has 2 aliphatic carbocycles. The highest BCUT2D eigenvalue weighted by Crippen LogP contribution is 2.59. The summed E-state index contributed by atoms with van der Waals surface area (Å²) in [5.41, 5.74) is 26.5. The number of nitrogens with zero attached hydrogens (tertiary/aromatic N) is 6. The Morgan fingerprint density at radius 3 is 0.815 bits per heavy atom. The van der Waals surface area contributed by atoms with Crippen molar-refractivity contribution in [3.8, 4) is 135 Å². The van der Waals surface area contributed by atoms with Crippen molar-refractivity contribution in [3.05, 3.63) is 433 Å². The van der Waals surface area contributed by atoms with Gasteiger partial charge < -0.3 is 9.47 Å². The average Bonchev–Trinajstić information content (AvgIpc) is 1.54. The first kappa shape index (κ1) is 65.9. The molecule has 2 aliphatic rings. The summed E-state index contributed by atoms with van der Waals surface area (Å²) in [4.78, 5) is 29.5. The predicted octanol–water partition coefficient (Wildman–Crippen LogP) is 23.5. The van der Waals surface area contributed by atoms with Gasteiger partial charge in [0.25, 0.3) is 0 Å². The molecule has 8 heteroatoms. The number of hydrogen-bond acceptors (Lipinski definition) is 8. The van der Waals surface area contributed by atoms with E-state index in [1.54, 1.807) is 14.2 Å². The number of methoxy groups -OCH3 is 2. The normalized spacial score (nSPS) is 13.4. The minimum atomic E-state index is -0.529.